The molecule has 0 aliphatic heterocycles. The third-order valence-corrected chi connectivity index (χ3v) is 18.0. The number of nitrogens with one attached hydrogen (secondary N) is 1. The second kappa shape index (κ2) is 14.4. The molecule has 10 atom stereocenters. The van der Waals surface area contributed by atoms with Crippen molar-refractivity contribution >= 4 is 17.6 Å². The Kier molecular flexibility index (Phi) is 9.79. The summed E-state index contributed by atoms with van der Waals surface area (Å²) in [6.07, 6.45) is 13.5. The Morgan fingerprint density at radius 1 is 0.845 bits per heavy atom. The molecule has 6 heteroatoms. The van der Waals surface area contributed by atoms with Crippen molar-refractivity contribution in [2.45, 2.75) is 117 Å². The Balaban J connectivity index is 0.961. The fourth-order valence-electron chi connectivity index (χ4n) is 15.4. The number of methoxy groups -OCH3 is 1. The summed E-state index contributed by atoms with van der Waals surface area (Å²) < 4.78 is 26.4. The topological polar surface area (TPSA) is 64.6 Å². The zero-order chi connectivity index (χ0) is 40.8. The van der Waals surface area contributed by atoms with Crippen LogP contribution < -0.4 is 5.32 Å². The molecule has 1 N–H and O–H groups in total. The summed E-state index contributed by atoms with van der Waals surface area (Å²) in [4.78, 5) is 26.3. The zero-order valence-corrected chi connectivity index (χ0v) is 35.8. The third kappa shape index (κ3) is 5.87. The molecule has 3 aromatic carbocycles. The number of fused-ring (bicyclic) bond motifs is 10. The molecule has 0 bridgehead atoms. The van der Waals surface area contributed by atoms with E-state index in [1.807, 2.05) is 6.07 Å². The van der Waals surface area contributed by atoms with Gasteiger partial charge >= 0.3 is 12.1 Å². The predicted octanol–water partition coefficient (Wildman–Crippen LogP) is 12.6. The lowest BCUT2D eigenvalue weighted by Gasteiger charge is -2.68. The minimum absolute atomic E-state index is 0.0155. The van der Waals surface area contributed by atoms with Crippen molar-refractivity contribution in [3.63, 3.8) is 0 Å². The maximum atomic E-state index is 15.3. The van der Waals surface area contributed by atoms with Gasteiger partial charge < -0.3 is 14.8 Å². The maximum Gasteiger partial charge on any atom is 0.407 e. The van der Waals surface area contributed by atoms with E-state index >= 15 is 4.39 Å². The molecule has 308 valence electrons. The van der Waals surface area contributed by atoms with E-state index in [-0.39, 0.29) is 39.4 Å². The fourth-order valence-corrected chi connectivity index (χ4v) is 15.4. The van der Waals surface area contributed by atoms with Crippen molar-refractivity contribution < 1.29 is 23.5 Å². The lowest BCUT2D eigenvalue weighted by atomic mass is 9.36. The van der Waals surface area contributed by atoms with Gasteiger partial charge in [-0.15, -0.1) is 0 Å². The van der Waals surface area contributed by atoms with Gasteiger partial charge in [-0.25, -0.2) is 14.0 Å². The molecule has 0 radical (unpaired) electrons. The number of allylic oxidation sites excluding steroid dienone is 2. The highest BCUT2D eigenvalue weighted by atomic mass is 19.1. The largest absolute Gasteiger partial charge is 0.465 e. The number of hydrogen-bond acceptors (Lipinski definition) is 4. The average Bonchev–Trinajstić information content (AvgIpc) is 3.75. The Morgan fingerprint density at radius 3 is 2.21 bits per heavy atom. The monoisotopic (exact) mass is 785 g/mol. The molecule has 6 aliphatic rings. The van der Waals surface area contributed by atoms with Gasteiger partial charge in [0.25, 0.3) is 0 Å². The van der Waals surface area contributed by atoms with Crippen molar-refractivity contribution in [3.8, 4) is 11.1 Å². The summed E-state index contributed by atoms with van der Waals surface area (Å²) in [5.74, 6) is 2.85. The summed E-state index contributed by atoms with van der Waals surface area (Å²) in [6, 6.07) is 22.2. The number of ether oxygens (including phenoxy) is 2. The highest BCUT2D eigenvalue weighted by molar-refractivity contribution is 5.90. The van der Waals surface area contributed by atoms with Gasteiger partial charge in [0.1, 0.15) is 12.4 Å². The first kappa shape index (κ1) is 39.5. The van der Waals surface area contributed by atoms with Gasteiger partial charge in [0, 0.05) is 11.5 Å². The normalized spacial score (nSPS) is 34.9. The number of hydrogen-bond donors (Lipinski definition) is 1. The van der Waals surface area contributed by atoms with Gasteiger partial charge in [-0.05, 0) is 161 Å². The quantitative estimate of drug-likeness (QED) is 0.242. The van der Waals surface area contributed by atoms with E-state index in [9.17, 15) is 9.59 Å². The van der Waals surface area contributed by atoms with Crippen LogP contribution in [0.4, 0.5) is 9.18 Å². The molecule has 5 nitrogen and oxygen atoms in total. The Morgan fingerprint density at radius 2 is 1.53 bits per heavy atom. The standard InChI is InChI=1S/C52H64FNO4/c1-8-31(2)33-21-27-52(54-48(56)58-30-40-36-15-11-9-13-34(36)35-14-10-12-16-37(35)40)28-23-42-38(46(33)52)19-20-45-50(42,5)26-24-44-49(3,4)41(22-25-51(44,45)6)32-17-18-39(43(53)29-32)47(55)57-7/h9-18,22,29,31,33,38,40,42,44-46H,8,19-21,23-28,30H2,1-7H3,(H,54,56)/t31-,33?,38+,42?,44?,45?,46?,50+,51+,52+/m1/s1. The molecule has 4 fully saturated rings. The number of amides is 1. The lowest BCUT2D eigenvalue weighted by Crippen LogP contribution is -2.65. The molecule has 9 rings (SSSR count). The van der Waals surface area contributed by atoms with Crippen LogP contribution in [-0.2, 0) is 9.47 Å². The summed E-state index contributed by atoms with van der Waals surface area (Å²) in [7, 11) is 1.29. The van der Waals surface area contributed by atoms with Crippen molar-refractivity contribution in [2.24, 2.45) is 57.7 Å². The summed E-state index contributed by atoms with van der Waals surface area (Å²) >= 11 is 0. The molecule has 4 saturated carbocycles. The van der Waals surface area contributed by atoms with Crippen LogP contribution in [0.2, 0.25) is 0 Å². The average molecular weight is 786 g/mol. The molecule has 0 heterocycles. The summed E-state index contributed by atoms with van der Waals surface area (Å²) in [5.41, 5.74) is 7.04. The van der Waals surface area contributed by atoms with Gasteiger partial charge in [0.15, 0.2) is 0 Å². The molecular formula is C52H64FNO4. The minimum atomic E-state index is -0.642. The molecule has 3 aromatic rings. The molecule has 0 saturated heterocycles. The number of benzene rings is 3. The first-order valence-corrected chi connectivity index (χ1v) is 22.5. The molecule has 5 unspecified atom stereocenters. The lowest BCUT2D eigenvalue weighted by molar-refractivity contribution is -0.176. The van der Waals surface area contributed by atoms with Crippen molar-refractivity contribution in [3.05, 3.63) is 101 Å². The van der Waals surface area contributed by atoms with Crippen molar-refractivity contribution in [1.82, 2.24) is 5.32 Å². The molecule has 1 amide bonds. The molecule has 0 aromatic heterocycles. The second-order valence-corrected chi connectivity index (χ2v) is 20.5. The first-order valence-electron chi connectivity index (χ1n) is 22.5. The Bertz CT molecular complexity index is 2090. The fraction of sp³-hybridized carbons (Fsp3) is 0.577. The molecule has 0 spiro atoms. The highest BCUT2D eigenvalue weighted by Gasteiger charge is 2.67. The first-order chi connectivity index (χ1) is 27.8. The van der Waals surface area contributed by atoms with E-state index in [0.717, 1.165) is 44.1 Å². The molecule has 58 heavy (non-hydrogen) atoms. The molecular weight excluding hydrogens is 722 g/mol. The van der Waals surface area contributed by atoms with Crippen LogP contribution in [-0.4, -0.2) is 31.3 Å². The molecule has 6 aliphatic carbocycles. The third-order valence-electron chi connectivity index (χ3n) is 18.0. The van der Waals surface area contributed by atoms with Crippen LogP contribution in [0.3, 0.4) is 0 Å². The van der Waals surface area contributed by atoms with E-state index in [0.29, 0.717) is 48.0 Å². The second-order valence-electron chi connectivity index (χ2n) is 20.5. The van der Waals surface area contributed by atoms with Crippen molar-refractivity contribution in [2.75, 3.05) is 13.7 Å². The van der Waals surface area contributed by atoms with Crippen LogP contribution in [0.5, 0.6) is 0 Å². The number of rotatable bonds is 7. The van der Waals surface area contributed by atoms with Gasteiger partial charge in [0.05, 0.1) is 12.7 Å². The number of carbonyl (C=O) groups excluding carboxylic acids is 2. The van der Waals surface area contributed by atoms with Gasteiger partial charge in [0.2, 0.25) is 0 Å². The van der Waals surface area contributed by atoms with E-state index in [2.05, 4.69) is 101 Å². The SMILES string of the molecule is CC[C@@H](C)C1CC[C@]2(NC(=O)OCC3c4ccccc4-c4ccccc43)CCC3[C@H](CCC4[C@@]3(C)CCC3C(C)(C)C(c5ccc(C(=O)OC)c(F)c5)=CC[C@@]34C)C12. The van der Waals surface area contributed by atoms with Crippen molar-refractivity contribution in [1.29, 1.82) is 0 Å². The minimum Gasteiger partial charge on any atom is -0.465 e. The van der Waals surface area contributed by atoms with Crippen LogP contribution in [0.1, 0.15) is 139 Å². The van der Waals surface area contributed by atoms with Crippen LogP contribution in [0.25, 0.3) is 16.7 Å². The van der Waals surface area contributed by atoms with E-state index in [1.54, 1.807) is 12.1 Å². The maximum absolute atomic E-state index is 15.3. The summed E-state index contributed by atoms with van der Waals surface area (Å²) in [6.45, 7) is 15.1. The smallest absolute Gasteiger partial charge is 0.407 e. The predicted molar refractivity (Wildman–Crippen MR) is 229 cm³/mol. The summed E-state index contributed by atoms with van der Waals surface area (Å²) in [5, 5.41) is 3.67. The zero-order valence-electron chi connectivity index (χ0n) is 35.8. The van der Waals surface area contributed by atoms with Crippen LogP contribution in [0, 0.1) is 63.5 Å². The Hall–Kier alpha value is -3.93. The van der Waals surface area contributed by atoms with Gasteiger partial charge in [-0.3, -0.25) is 0 Å². The van der Waals surface area contributed by atoms with Gasteiger partial charge in [-0.2, -0.15) is 0 Å². The van der Waals surface area contributed by atoms with E-state index < -0.39 is 11.8 Å². The number of alkyl carbamates (subject to hydrolysis) is 1. The number of carbonyl (C=O) groups is 2. The van der Waals surface area contributed by atoms with Gasteiger partial charge in [-0.1, -0.05) is 109 Å². The number of halogens is 1. The van der Waals surface area contributed by atoms with Crippen LogP contribution in [0.15, 0.2) is 72.8 Å². The number of esters is 1. The van der Waals surface area contributed by atoms with E-state index in [4.69, 9.17) is 9.47 Å². The van der Waals surface area contributed by atoms with E-state index in [1.165, 1.54) is 60.6 Å². The van der Waals surface area contributed by atoms with Crippen LogP contribution >= 0.6 is 0 Å². The highest BCUT2D eigenvalue weighted by Crippen LogP contribution is 2.73. The Labute approximate surface area is 345 Å².